The van der Waals surface area contributed by atoms with Crippen molar-refractivity contribution in [2.24, 2.45) is 0 Å². The molecule has 0 aromatic heterocycles. The lowest BCUT2D eigenvalue weighted by molar-refractivity contribution is -0.175. The first-order valence-corrected chi connectivity index (χ1v) is 5.81. The normalized spacial score (nSPS) is 13.1. The Hall–Kier alpha value is -1.30. The molecule has 0 N–H and O–H groups in total. The summed E-state index contributed by atoms with van der Waals surface area (Å²) in [6, 6.07) is 0. The molecule has 6 nitrogen and oxygen atoms in total. The smallest absolute Gasteiger partial charge is 0.428 e. The largest absolute Gasteiger partial charge is 0.511 e. The SMILES string of the molecule is CC(C)OCC(=O)OC(C)OC(=O)OC(C)(C)C. The summed E-state index contributed by atoms with van der Waals surface area (Å²) in [6.45, 7) is 9.98. The van der Waals surface area contributed by atoms with E-state index in [1.807, 2.05) is 0 Å². The van der Waals surface area contributed by atoms with E-state index in [0.717, 1.165) is 0 Å². The minimum absolute atomic E-state index is 0.0698. The Kier molecular flexibility index (Phi) is 6.68. The van der Waals surface area contributed by atoms with Gasteiger partial charge in [-0.1, -0.05) is 0 Å². The molecule has 0 radical (unpaired) electrons. The van der Waals surface area contributed by atoms with E-state index in [1.165, 1.54) is 6.92 Å². The summed E-state index contributed by atoms with van der Waals surface area (Å²) in [4.78, 5) is 22.5. The van der Waals surface area contributed by atoms with Crippen LogP contribution in [0.4, 0.5) is 4.79 Å². The predicted molar refractivity (Wildman–Crippen MR) is 64.0 cm³/mol. The maximum Gasteiger partial charge on any atom is 0.511 e. The van der Waals surface area contributed by atoms with Gasteiger partial charge in [0.25, 0.3) is 0 Å². The highest BCUT2D eigenvalue weighted by atomic mass is 16.8. The Balaban J connectivity index is 3.93. The fraction of sp³-hybridized carbons (Fsp3) is 0.833. The van der Waals surface area contributed by atoms with E-state index >= 15 is 0 Å². The quantitative estimate of drug-likeness (QED) is 0.559. The molecule has 0 rings (SSSR count). The van der Waals surface area contributed by atoms with Crippen molar-refractivity contribution in [3.63, 3.8) is 0 Å². The van der Waals surface area contributed by atoms with Crippen molar-refractivity contribution in [3.05, 3.63) is 0 Å². The highest BCUT2D eigenvalue weighted by molar-refractivity contribution is 5.71. The van der Waals surface area contributed by atoms with Crippen LogP contribution in [0.2, 0.25) is 0 Å². The Labute approximate surface area is 108 Å². The van der Waals surface area contributed by atoms with E-state index in [0.29, 0.717) is 0 Å². The third kappa shape index (κ3) is 9.89. The van der Waals surface area contributed by atoms with Crippen molar-refractivity contribution >= 4 is 12.1 Å². The maximum atomic E-state index is 11.2. The minimum Gasteiger partial charge on any atom is -0.428 e. The molecule has 1 atom stereocenters. The lowest BCUT2D eigenvalue weighted by atomic mass is 10.2. The van der Waals surface area contributed by atoms with Crippen LogP contribution in [0.5, 0.6) is 0 Å². The lowest BCUT2D eigenvalue weighted by Crippen LogP contribution is -2.29. The molecule has 0 spiro atoms. The molecule has 0 aliphatic rings. The van der Waals surface area contributed by atoms with E-state index in [9.17, 15) is 9.59 Å². The number of rotatable bonds is 5. The molecule has 0 aliphatic heterocycles. The van der Waals surface area contributed by atoms with Gasteiger partial charge in [0.2, 0.25) is 6.29 Å². The molecule has 0 amide bonds. The van der Waals surface area contributed by atoms with Crippen molar-refractivity contribution in [1.29, 1.82) is 0 Å². The third-order valence-electron chi connectivity index (χ3n) is 1.48. The van der Waals surface area contributed by atoms with E-state index in [1.54, 1.807) is 34.6 Å². The fourth-order valence-electron chi connectivity index (χ4n) is 0.887. The van der Waals surface area contributed by atoms with Crippen molar-refractivity contribution in [2.75, 3.05) is 6.61 Å². The van der Waals surface area contributed by atoms with Crippen LogP contribution in [0.15, 0.2) is 0 Å². The molecule has 6 heteroatoms. The fourth-order valence-corrected chi connectivity index (χ4v) is 0.887. The maximum absolute atomic E-state index is 11.2. The zero-order valence-electron chi connectivity index (χ0n) is 11.8. The Morgan fingerprint density at radius 1 is 1.06 bits per heavy atom. The predicted octanol–water partition coefficient (Wildman–Crippen LogP) is 2.25. The van der Waals surface area contributed by atoms with Gasteiger partial charge in [-0.2, -0.15) is 0 Å². The second-order valence-electron chi connectivity index (χ2n) is 5.00. The van der Waals surface area contributed by atoms with Gasteiger partial charge >= 0.3 is 12.1 Å². The van der Waals surface area contributed by atoms with E-state index < -0.39 is 24.0 Å². The molecule has 0 aromatic carbocycles. The first-order chi connectivity index (χ1) is 8.10. The van der Waals surface area contributed by atoms with Crippen LogP contribution in [-0.2, 0) is 23.7 Å². The van der Waals surface area contributed by atoms with Gasteiger partial charge < -0.3 is 18.9 Å². The molecular weight excluding hydrogens is 240 g/mol. The number of carbonyl (C=O) groups is 2. The number of esters is 1. The summed E-state index contributed by atoms with van der Waals surface area (Å²) in [5, 5.41) is 0. The van der Waals surface area contributed by atoms with Crippen LogP contribution in [0.3, 0.4) is 0 Å². The lowest BCUT2D eigenvalue weighted by Gasteiger charge is -2.21. The summed E-state index contributed by atoms with van der Waals surface area (Å²) < 4.78 is 19.5. The summed E-state index contributed by atoms with van der Waals surface area (Å²) in [5.41, 5.74) is -0.651. The van der Waals surface area contributed by atoms with Crippen molar-refractivity contribution < 1.29 is 28.5 Å². The van der Waals surface area contributed by atoms with Crippen molar-refractivity contribution in [2.45, 2.75) is 59.5 Å². The Morgan fingerprint density at radius 3 is 2.06 bits per heavy atom. The molecule has 0 saturated carbocycles. The van der Waals surface area contributed by atoms with Gasteiger partial charge in [0.05, 0.1) is 6.10 Å². The van der Waals surface area contributed by atoms with E-state index in [2.05, 4.69) is 0 Å². The van der Waals surface area contributed by atoms with Gasteiger partial charge in [-0.05, 0) is 34.6 Å². The third-order valence-corrected chi connectivity index (χ3v) is 1.48. The zero-order valence-corrected chi connectivity index (χ0v) is 11.8. The topological polar surface area (TPSA) is 71.1 Å². The molecule has 106 valence electrons. The first-order valence-electron chi connectivity index (χ1n) is 5.81. The van der Waals surface area contributed by atoms with Gasteiger partial charge in [-0.3, -0.25) is 0 Å². The first kappa shape index (κ1) is 16.7. The molecule has 0 bridgehead atoms. The molecule has 0 heterocycles. The average Bonchev–Trinajstić information content (AvgIpc) is 2.10. The average molecular weight is 262 g/mol. The van der Waals surface area contributed by atoms with Gasteiger partial charge in [0, 0.05) is 6.92 Å². The highest BCUT2D eigenvalue weighted by Gasteiger charge is 2.21. The number of ether oxygens (including phenoxy) is 4. The number of hydrogen-bond acceptors (Lipinski definition) is 6. The van der Waals surface area contributed by atoms with Crippen LogP contribution in [-0.4, -0.2) is 36.7 Å². The monoisotopic (exact) mass is 262 g/mol. The van der Waals surface area contributed by atoms with Crippen LogP contribution >= 0.6 is 0 Å². The molecule has 0 saturated heterocycles. The van der Waals surface area contributed by atoms with Crippen LogP contribution in [0, 0.1) is 0 Å². The summed E-state index contributed by atoms with van der Waals surface area (Å²) >= 11 is 0. The van der Waals surface area contributed by atoms with Crippen LogP contribution in [0.25, 0.3) is 0 Å². The van der Waals surface area contributed by atoms with Crippen LogP contribution < -0.4 is 0 Å². The summed E-state index contributed by atoms with van der Waals surface area (Å²) in [7, 11) is 0. The molecule has 0 fully saturated rings. The second kappa shape index (κ2) is 7.20. The van der Waals surface area contributed by atoms with Gasteiger partial charge in [0.15, 0.2) is 0 Å². The number of carbonyl (C=O) groups excluding carboxylic acids is 2. The number of hydrogen-bond donors (Lipinski definition) is 0. The molecule has 0 aromatic rings. The summed E-state index contributed by atoms with van der Waals surface area (Å²) in [5.74, 6) is -0.597. The Morgan fingerprint density at radius 2 is 1.61 bits per heavy atom. The Bertz CT molecular complexity index is 279. The van der Waals surface area contributed by atoms with Crippen molar-refractivity contribution in [3.8, 4) is 0 Å². The van der Waals surface area contributed by atoms with Crippen LogP contribution in [0.1, 0.15) is 41.5 Å². The minimum atomic E-state index is -1.01. The van der Waals surface area contributed by atoms with Gasteiger partial charge in [-0.25, -0.2) is 9.59 Å². The second-order valence-corrected chi connectivity index (χ2v) is 5.00. The molecule has 1 unspecified atom stereocenters. The molecular formula is C12H22O6. The van der Waals surface area contributed by atoms with Gasteiger partial charge in [-0.15, -0.1) is 0 Å². The summed E-state index contributed by atoms with van der Waals surface area (Å²) in [6.07, 6.45) is -1.96. The molecule has 18 heavy (non-hydrogen) atoms. The van der Waals surface area contributed by atoms with Crippen molar-refractivity contribution in [1.82, 2.24) is 0 Å². The van der Waals surface area contributed by atoms with E-state index in [-0.39, 0.29) is 12.7 Å². The van der Waals surface area contributed by atoms with Gasteiger partial charge in [0.1, 0.15) is 12.2 Å². The highest BCUT2D eigenvalue weighted by Crippen LogP contribution is 2.09. The standard InChI is InChI=1S/C12H22O6/c1-8(2)15-7-10(13)16-9(3)17-11(14)18-12(4,5)6/h8-9H,7H2,1-6H3. The zero-order chi connectivity index (χ0) is 14.3. The van der Waals surface area contributed by atoms with E-state index in [4.69, 9.17) is 18.9 Å². The molecule has 0 aliphatic carbocycles.